The molecule has 0 aliphatic carbocycles. The Kier molecular flexibility index (Phi) is 7.16. The van der Waals surface area contributed by atoms with Gasteiger partial charge in [0.1, 0.15) is 23.7 Å². The van der Waals surface area contributed by atoms with Crippen LogP contribution in [0.5, 0.6) is 0 Å². The number of ether oxygens (including phenoxy) is 1. The van der Waals surface area contributed by atoms with E-state index in [1.54, 1.807) is 24.3 Å². The second-order valence-electron chi connectivity index (χ2n) is 6.48. The molecule has 162 valence electrons. The summed E-state index contributed by atoms with van der Waals surface area (Å²) in [5.41, 5.74) is -0.361. The second kappa shape index (κ2) is 9.30. The van der Waals surface area contributed by atoms with Crippen LogP contribution >= 0.6 is 46.6 Å². The molecule has 2 heterocycles. The molecule has 2 aliphatic rings. The highest BCUT2D eigenvalue weighted by Crippen LogP contribution is 2.42. The monoisotopic (exact) mass is 498 g/mol. The number of rotatable bonds is 6. The SMILES string of the molecule is O=C(Cc1ccccc1)NC1C(=O)N2C(C(=O)OCC(Cl)(Cl)Cl)=C(C(F)F)CS[C@H]12. The molecular formula is C18H15Cl3F2N2O4S. The molecule has 0 spiro atoms. The fourth-order valence-electron chi connectivity index (χ4n) is 3.02. The molecule has 12 heteroatoms. The van der Waals surface area contributed by atoms with Crippen LogP contribution in [0.25, 0.3) is 0 Å². The predicted octanol–water partition coefficient (Wildman–Crippen LogP) is 3.06. The smallest absolute Gasteiger partial charge is 0.355 e. The lowest BCUT2D eigenvalue weighted by Gasteiger charge is -2.49. The number of hydrogen-bond donors (Lipinski definition) is 1. The zero-order chi connectivity index (χ0) is 22.1. The van der Waals surface area contributed by atoms with Gasteiger partial charge in [-0.15, -0.1) is 11.8 Å². The number of carbonyl (C=O) groups is 3. The topological polar surface area (TPSA) is 75.7 Å². The summed E-state index contributed by atoms with van der Waals surface area (Å²) < 4.78 is 29.8. The fourth-order valence-corrected chi connectivity index (χ4v) is 4.53. The number of thioether (sulfide) groups is 1. The van der Waals surface area contributed by atoms with Crippen molar-refractivity contribution in [1.82, 2.24) is 10.2 Å². The van der Waals surface area contributed by atoms with Crippen molar-refractivity contribution in [3.8, 4) is 0 Å². The third-order valence-electron chi connectivity index (χ3n) is 4.35. The molecule has 0 aromatic heterocycles. The van der Waals surface area contributed by atoms with Gasteiger partial charge in [-0.25, -0.2) is 13.6 Å². The van der Waals surface area contributed by atoms with Gasteiger partial charge in [0, 0.05) is 11.3 Å². The Balaban J connectivity index is 1.72. The van der Waals surface area contributed by atoms with Crippen LogP contribution < -0.4 is 5.32 Å². The Bertz CT molecular complexity index is 880. The van der Waals surface area contributed by atoms with Crippen molar-refractivity contribution in [2.45, 2.75) is 28.1 Å². The largest absolute Gasteiger partial charge is 0.456 e. The summed E-state index contributed by atoms with van der Waals surface area (Å²) in [6.07, 6.45) is -2.92. The molecule has 3 rings (SSSR count). The van der Waals surface area contributed by atoms with E-state index in [4.69, 9.17) is 39.5 Å². The van der Waals surface area contributed by atoms with Crippen LogP contribution in [0.2, 0.25) is 0 Å². The summed E-state index contributed by atoms with van der Waals surface area (Å²) in [6.45, 7) is -0.673. The van der Waals surface area contributed by atoms with Gasteiger partial charge in [-0.3, -0.25) is 14.5 Å². The van der Waals surface area contributed by atoms with Crippen LogP contribution in [0.15, 0.2) is 41.6 Å². The maximum Gasteiger partial charge on any atom is 0.355 e. The van der Waals surface area contributed by atoms with Crippen LogP contribution in [0.4, 0.5) is 8.78 Å². The molecule has 2 atom stereocenters. The minimum Gasteiger partial charge on any atom is -0.456 e. The molecular weight excluding hydrogens is 485 g/mol. The van der Waals surface area contributed by atoms with Gasteiger partial charge in [0.2, 0.25) is 9.70 Å². The van der Waals surface area contributed by atoms with E-state index in [0.29, 0.717) is 0 Å². The summed E-state index contributed by atoms with van der Waals surface area (Å²) >= 11 is 17.6. The minimum atomic E-state index is -2.98. The first-order valence-corrected chi connectivity index (χ1v) is 10.8. The maximum absolute atomic E-state index is 13.4. The highest BCUT2D eigenvalue weighted by atomic mass is 35.6. The average molecular weight is 500 g/mol. The molecule has 0 bridgehead atoms. The van der Waals surface area contributed by atoms with Crippen molar-refractivity contribution in [3.05, 3.63) is 47.2 Å². The average Bonchev–Trinajstić information content (AvgIpc) is 2.69. The molecule has 1 aromatic rings. The number of nitrogens with one attached hydrogen (secondary N) is 1. The van der Waals surface area contributed by atoms with Crippen molar-refractivity contribution in [3.63, 3.8) is 0 Å². The summed E-state index contributed by atoms with van der Waals surface area (Å²) in [5.74, 6) is -2.49. The number of benzene rings is 1. The van der Waals surface area contributed by atoms with Gasteiger partial charge in [0.25, 0.3) is 12.3 Å². The Hall–Kier alpha value is -1.55. The first-order valence-electron chi connectivity index (χ1n) is 8.61. The Morgan fingerprint density at radius 2 is 1.93 bits per heavy atom. The molecule has 1 saturated heterocycles. The Labute approximate surface area is 189 Å². The first kappa shape index (κ1) is 23.1. The van der Waals surface area contributed by atoms with Gasteiger partial charge in [0.05, 0.1) is 6.42 Å². The summed E-state index contributed by atoms with van der Waals surface area (Å²) in [4.78, 5) is 38.2. The lowest BCUT2D eigenvalue weighted by Crippen LogP contribution is -2.70. The molecule has 1 fully saturated rings. The molecule has 1 unspecified atom stereocenters. The summed E-state index contributed by atoms with van der Waals surface area (Å²) in [5, 5.41) is 1.88. The molecule has 0 saturated carbocycles. The molecule has 0 radical (unpaired) electrons. The molecule has 30 heavy (non-hydrogen) atoms. The standard InChI is InChI=1S/C18H15Cl3F2N2O4S/c19-18(20,21)8-29-17(28)13-10(14(22)23)7-30-16-12(15(27)25(13)16)24-11(26)6-9-4-2-1-3-5-9/h1-5,12,14,16H,6-8H2,(H,24,26)/t12?,16-/m1/s1. The number of nitrogens with zero attached hydrogens (tertiary/aromatic N) is 1. The number of carbonyl (C=O) groups excluding carboxylic acids is 3. The number of halogens is 5. The van der Waals surface area contributed by atoms with E-state index >= 15 is 0 Å². The zero-order valence-electron chi connectivity index (χ0n) is 15.1. The van der Waals surface area contributed by atoms with E-state index in [-0.39, 0.29) is 12.2 Å². The van der Waals surface area contributed by atoms with E-state index in [9.17, 15) is 23.2 Å². The van der Waals surface area contributed by atoms with Crippen LogP contribution in [0.1, 0.15) is 5.56 Å². The van der Waals surface area contributed by atoms with Gasteiger partial charge >= 0.3 is 5.97 Å². The summed E-state index contributed by atoms with van der Waals surface area (Å²) in [6, 6.07) is 7.95. The third-order valence-corrected chi connectivity index (χ3v) is 5.97. The summed E-state index contributed by atoms with van der Waals surface area (Å²) in [7, 11) is 0. The number of esters is 1. The predicted molar refractivity (Wildman–Crippen MR) is 109 cm³/mol. The maximum atomic E-state index is 13.4. The van der Waals surface area contributed by atoms with Crippen molar-refractivity contribution in [2.75, 3.05) is 12.4 Å². The Morgan fingerprint density at radius 1 is 1.27 bits per heavy atom. The first-order chi connectivity index (χ1) is 14.1. The lowest BCUT2D eigenvalue weighted by molar-refractivity contribution is -0.153. The number of β-lactam (4-membered cyclic amide) rings is 1. The van der Waals surface area contributed by atoms with E-state index in [2.05, 4.69) is 5.32 Å². The van der Waals surface area contributed by atoms with Gasteiger partial charge in [-0.2, -0.15) is 0 Å². The molecule has 6 nitrogen and oxygen atoms in total. The van der Waals surface area contributed by atoms with E-state index in [1.165, 1.54) is 0 Å². The van der Waals surface area contributed by atoms with Crippen molar-refractivity contribution in [1.29, 1.82) is 0 Å². The van der Waals surface area contributed by atoms with Crippen LogP contribution in [0, 0.1) is 0 Å². The van der Waals surface area contributed by atoms with E-state index in [1.807, 2.05) is 6.07 Å². The van der Waals surface area contributed by atoms with Crippen molar-refractivity contribution in [2.24, 2.45) is 0 Å². The molecule has 2 amide bonds. The van der Waals surface area contributed by atoms with Crippen LogP contribution in [-0.4, -0.2) is 56.7 Å². The number of alkyl halides is 5. The van der Waals surface area contributed by atoms with Crippen molar-refractivity contribution >= 4 is 64.3 Å². The molecule has 2 aliphatic heterocycles. The number of amides is 2. The highest BCUT2D eigenvalue weighted by Gasteiger charge is 2.55. The quantitative estimate of drug-likeness (QED) is 0.370. The molecule has 1 aromatic carbocycles. The van der Waals surface area contributed by atoms with Gasteiger partial charge < -0.3 is 10.1 Å². The number of hydrogen-bond acceptors (Lipinski definition) is 5. The second-order valence-corrected chi connectivity index (χ2v) is 10.1. The van der Waals surface area contributed by atoms with E-state index in [0.717, 1.165) is 22.2 Å². The number of fused-ring (bicyclic) bond motifs is 1. The zero-order valence-corrected chi connectivity index (χ0v) is 18.2. The third kappa shape index (κ3) is 5.19. The Morgan fingerprint density at radius 3 is 2.53 bits per heavy atom. The normalized spacial score (nSPS) is 21.3. The van der Waals surface area contributed by atoms with Crippen LogP contribution in [-0.2, 0) is 25.5 Å². The van der Waals surface area contributed by atoms with E-state index < -0.39 is 57.3 Å². The van der Waals surface area contributed by atoms with Crippen LogP contribution in [0.3, 0.4) is 0 Å². The fraction of sp³-hybridized carbons (Fsp3) is 0.389. The lowest BCUT2D eigenvalue weighted by atomic mass is 10.0. The van der Waals surface area contributed by atoms with Gasteiger partial charge in [-0.1, -0.05) is 65.1 Å². The van der Waals surface area contributed by atoms with Crippen molar-refractivity contribution < 1.29 is 27.9 Å². The molecule has 1 N–H and O–H groups in total. The van der Waals surface area contributed by atoms with Gasteiger partial charge in [-0.05, 0) is 5.56 Å². The highest BCUT2D eigenvalue weighted by molar-refractivity contribution is 8.00. The minimum absolute atomic E-state index is 0.0538. The van der Waals surface area contributed by atoms with Gasteiger partial charge in [0.15, 0.2) is 0 Å².